The van der Waals surface area contributed by atoms with Crippen molar-refractivity contribution < 1.29 is 4.39 Å². The lowest BCUT2D eigenvalue weighted by molar-refractivity contribution is 0.443. The van der Waals surface area contributed by atoms with Crippen LogP contribution in [-0.4, -0.2) is 11.2 Å². The fourth-order valence-corrected chi connectivity index (χ4v) is 1.15. The van der Waals surface area contributed by atoms with Gasteiger partial charge in [-0.05, 0) is 12.5 Å². The Labute approximate surface area is 76.0 Å². The third-order valence-corrected chi connectivity index (χ3v) is 1.85. The fourth-order valence-electron chi connectivity index (χ4n) is 1.15. The van der Waals surface area contributed by atoms with Crippen molar-refractivity contribution in [1.82, 2.24) is 4.57 Å². The summed E-state index contributed by atoms with van der Waals surface area (Å²) < 4.78 is 13.3. The van der Waals surface area contributed by atoms with Crippen LogP contribution < -0.4 is 11.3 Å². The maximum Gasteiger partial charge on any atom is 0.255 e. The van der Waals surface area contributed by atoms with Crippen LogP contribution in [0.4, 0.5) is 4.39 Å². The molecule has 0 aliphatic carbocycles. The first-order valence-electron chi connectivity index (χ1n) is 4.24. The van der Waals surface area contributed by atoms with Crippen LogP contribution in [0.5, 0.6) is 0 Å². The average molecular weight is 184 g/mol. The van der Waals surface area contributed by atoms with E-state index < -0.39 is 6.67 Å². The van der Waals surface area contributed by atoms with Crippen molar-refractivity contribution in [3.63, 3.8) is 0 Å². The van der Waals surface area contributed by atoms with Crippen LogP contribution in [0.25, 0.3) is 0 Å². The Bertz CT molecular complexity index is 322. The number of nitrogens with zero attached hydrogens (tertiary/aromatic N) is 1. The zero-order valence-electron chi connectivity index (χ0n) is 7.37. The molecule has 13 heavy (non-hydrogen) atoms. The number of alkyl halides is 1. The maximum absolute atomic E-state index is 11.9. The second kappa shape index (κ2) is 4.77. The summed E-state index contributed by atoms with van der Waals surface area (Å²) in [6, 6.07) is 3.44. The van der Waals surface area contributed by atoms with Gasteiger partial charge in [0, 0.05) is 24.8 Å². The van der Waals surface area contributed by atoms with E-state index in [4.69, 9.17) is 5.73 Å². The summed E-state index contributed by atoms with van der Waals surface area (Å²) in [5.41, 5.74) is 5.82. The molecule has 0 bridgehead atoms. The predicted molar refractivity (Wildman–Crippen MR) is 49.2 cm³/mol. The Morgan fingerprint density at radius 2 is 2.31 bits per heavy atom. The summed E-state index contributed by atoms with van der Waals surface area (Å²) in [6.45, 7) is 0.248. The van der Waals surface area contributed by atoms with Gasteiger partial charge in [-0.1, -0.05) is 6.07 Å². The number of aryl methyl sites for hydroxylation is 1. The van der Waals surface area contributed by atoms with E-state index in [2.05, 4.69) is 0 Å². The van der Waals surface area contributed by atoms with Crippen LogP contribution in [0.15, 0.2) is 23.1 Å². The average Bonchev–Trinajstić information content (AvgIpc) is 2.16. The van der Waals surface area contributed by atoms with Crippen molar-refractivity contribution in [1.29, 1.82) is 0 Å². The predicted octanol–water partition coefficient (Wildman–Crippen LogP) is 0.667. The number of aromatic nitrogens is 1. The van der Waals surface area contributed by atoms with Crippen LogP contribution in [0.3, 0.4) is 0 Å². The minimum absolute atomic E-state index is 0.113. The number of hydrogen-bond donors (Lipinski definition) is 1. The normalized spacial score (nSPS) is 10.3. The largest absolute Gasteiger partial charge is 0.326 e. The number of hydrogen-bond acceptors (Lipinski definition) is 2. The molecule has 0 unspecified atom stereocenters. The molecule has 3 nitrogen and oxygen atoms in total. The molecule has 1 aromatic heterocycles. The molecule has 0 aliphatic rings. The lowest BCUT2D eigenvalue weighted by Gasteiger charge is -2.04. The van der Waals surface area contributed by atoms with Gasteiger partial charge in [-0.2, -0.15) is 0 Å². The summed E-state index contributed by atoms with van der Waals surface area (Å²) in [4.78, 5) is 11.5. The third kappa shape index (κ3) is 2.39. The van der Waals surface area contributed by atoms with Gasteiger partial charge in [-0.15, -0.1) is 0 Å². The standard InChI is InChI=1S/C9H13FN2O/c10-4-2-6-12-5-1-3-8(7-11)9(12)13/h1,3,5H,2,4,6-7,11H2. The second-order valence-electron chi connectivity index (χ2n) is 2.78. The van der Waals surface area contributed by atoms with Crippen molar-refractivity contribution in [2.75, 3.05) is 6.67 Å². The van der Waals surface area contributed by atoms with E-state index in [0.29, 0.717) is 18.5 Å². The molecule has 0 aliphatic heterocycles. The lowest BCUT2D eigenvalue weighted by Crippen LogP contribution is -2.24. The van der Waals surface area contributed by atoms with E-state index in [0.717, 1.165) is 0 Å². The fraction of sp³-hybridized carbons (Fsp3) is 0.444. The van der Waals surface area contributed by atoms with Crippen molar-refractivity contribution in [3.8, 4) is 0 Å². The highest BCUT2D eigenvalue weighted by atomic mass is 19.1. The summed E-state index contributed by atoms with van der Waals surface area (Å²) in [5.74, 6) is 0. The molecule has 0 saturated carbocycles. The minimum atomic E-state index is -0.403. The zero-order chi connectivity index (χ0) is 9.68. The highest BCUT2D eigenvalue weighted by Crippen LogP contribution is 1.92. The van der Waals surface area contributed by atoms with E-state index >= 15 is 0 Å². The summed E-state index contributed by atoms with van der Waals surface area (Å²) in [5, 5.41) is 0. The van der Waals surface area contributed by atoms with Crippen LogP contribution in [-0.2, 0) is 13.1 Å². The number of rotatable bonds is 4. The van der Waals surface area contributed by atoms with Crippen molar-refractivity contribution in [2.24, 2.45) is 5.73 Å². The molecule has 72 valence electrons. The Morgan fingerprint density at radius 1 is 1.54 bits per heavy atom. The highest BCUT2D eigenvalue weighted by molar-refractivity contribution is 5.09. The lowest BCUT2D eigenvalue weighted by atomic mass is 10.3. The first-order chi connectivity index (χ1) is 6.29. The molecule has 0 spiro atoms. The van der Waals surface area contributed by atoms with Crippen LogP contribution in [0, 0.1) is 0 Å². The third-order valence-electron chi connectivity index (χ3n) is 1.85. The van der Waals surface area contributed by atoms with Crippen molar-refractivity contribution in [3.05, 3.63) is 34.2 Å². The van der Waals surface area contributed by atoms with Gasteiger partial charge in [0.15, 0.2) is 0 Å². The Morgan fingerprint density at radius 3 is 2.92 bits per heavy atom. The number of nitrogens with two attached hydrogens (primary N) is 1. The zero-order valence-corrected chi connectivity index (χ0v) is 7.37. The SMILES string of the molecule is NCc1cccn(CCCF)c1=O. The Kier molecular flexibility index (Phi) is 3.64. The number of halogens is 1. The summed E-state index contributed by atoms with van der Waals surface area (Å²) in [6.07, 6.45) is 2.02. The quantitative estimate of drug-likeness (QED) is 0.747. The van der Waals surface area contributed by atoms with Gasteiger partial charge in [0.2, 0.25) is 0 Å². The Hall–Kier alpha value is -1.16. The second-order valence-corrected chi connectivity index (χ2v) is 2.78. The molecule has 0 atom stereocenters. The molecule has 0 fully saturated rings. The van der Waals surface area contributed by atoms with Gasteiger partial charge < -0.3 is 10.3 Å². The molecule has 0 radical (unpaired) electrons. The molecule has 1 aromatic rings. The van der Waals surface area contributed by atoms with E-state index in [1.807, 2.05) is 0 Å². The monoisotopic (exact) mass is 184 g/mol. The van der Waals surface area contributed by atoms with Crippen LogP contribution >= 0.6 is 0 Å². The molecule has 4 heteroatoms. The van der Waals surface area contributed by atoms with Gasteiger partial charge in [0.1, 0.15) is 0 Å². The van der Waals surface area contributed by atoms with Crippen molar-refractivity contribution in [2.45, 2.75) is 19.5 Å². The molecular formula is C9H13FN2O. The first-order valence-corrected chi connectivity index (χ1v) is 4.24. The minimum Gasteiger partial charge on any atom is -0.326 e. The number of pyridine rings is 1. The first kappa shape index (κ1) is 9.92. The molecule has 2 N–H and O–H groups in total. The summed E-state index contributed by atoms with van der Waals surface area (Å²) in [7, 11) is 0. The van der Waals surface area contributed by atoms with Gasteiger partial charge in [0.25, 0.3) is 5.56 Å². The van der Waals surface area contributed by atoms with Gasteiger partial charge in [-0.3, -0.25) is 9.18 Å². The molecule has 1 heterocycles. The maximum atomic E-state index is 11.9. The highest BCUT2D eigenvalue weighted by Gasteiger charge is 1.99. The molecule has 0 saturated heterocycles. The summed E-state index contributed by atoms with van der Waals surface area (Å²) >= 11 is 0. The van der Waals surface area contributed by atoms with Crippen LogP contribution in [0.2, 0.25) is 0 Å². The molecule has 1 rings (SSSR count). The smallest absolute Gasteiger partial charge is 0.255 e. The van der Waals surface area contributed by atoms with Crippen LogP contribution in [0.1, 0.15) is 12.0 Å². The van der Waals surface area contributed by atoms with Gasteiger partial charge in [-0.25, -0.2) is 0 Å². The van der Waals surface area contributed by atoms with E-state index in [-0.39, 0.29) is 12.1 Å². The molecular weight excluding hydrogens is 171 g/mol. The van der Waals surface area contributed by atoms with Gasteiger partial charge in [0.05, 0.1) is 6.67 Å². The van der Waals surface area contributed by atoms with Gasteiger partial charge >= 0.3 is 0 Å². The molecule has 0 aromatic carbocycles. The van der Waals surface area contributed by atoms with E-state index in [1.165, 1.54) is 4.57 Å². The van der Waals surface area contributed by atoms with Crippen molar-refractivity contribution >= 4 is 0 Å². The van der Waals surface area contributed by atoms with E-state index in [1.54, 1.807) is 18.3 Å². The Balaban J connectivity index is 2.88. The van der Waals surface area contributed by atoms with E-state index in [9.17, 15) is 9.18 Å². The molecule has 0 amide bonds. The topological polar surface area (TPSA) is 48.0 Å².